The number of hydrogen-bond acceptors (Lipinski definition) is 7. The third-order valence-corrected chi connectivity index (χ3v) is 7.43. The molecular formula is C15H18O7. The standard InChI is InChI=1S/C15H18O7/c1-6-7-3-14(18)12(2)5-20-11(17)15(12,19)8-4-13(6,14)9(21-7)10(16)22-8/h6-9,18-19H,3-5H2,1-2H3. The van der Waals surface area contributed by atoms with Crippen LogP contribution in [0.5, 0.6) is 0 Å². The molecule has 5 fully saturated rings. The predicted molar refractivity (Wildman–Crippen MR) is 68.3 cm³/mol. The van der Waals surface area contributed by atoms with Gasteiger partial charge in [-0.25, -0.2) is 9.59 Å². The zero-order valence-electron chi connectivity index (χ0n) is 12.4. The van der Waals surface area contributed by atoms with Crippen LogP contribution >= 0.6 is 0 Å². The summed E-state index contributed by atoms with van der Waals surface area (Å²) in [6, 6.07) is 0. The third-order valence-electron chi connectivity index (χ3n) is 7.43. The van der Waals surface area contributed by atoms with E-state index in [1.165, 1.54) is 0 Å². The van der Waals surface area contributed by atoms with E-state index in [2.05, 4.69) is 0 Å². The molecule has 2 aliphatic carbocycles. The number of esters is 2. The van der Waals surface area contributed by atoms with Crippen molar-refractivity contribution in [3.8, 4) is 0 Å². The smallest absolute Gasteiger partial charge is 0.342 e. The molecular weight excluding hydrogens is 292 g/mol. The fourth-order valence-corrected chi connectivity index (χ4v) is 6.11. The molecule has 0 amide bonds. The molecule has 120 valence electrons. The third kappa shape index (κ3) is 0.893. The lowest BCUT2D eigenvalue weighted by Gasteiger charge is -2.64. The SMILES string of the molecule is CC1C2CC3(O)C14CC(OC(=O)C4O2)C1(O)C(=O)OCC13C. The summed E-state index contributed by atoms with van der Waals surface area (Å²) >= 11 is 0. The molecule has 0 aromatic heterocycles. The van der Waals surface area contributed by atoms with Crippen LogP contribution in [0.2, 0.25) is 0 Å². The molecule has 2 saturated carbocycles. The topological polar surface area (TPSA) is 102 Å². The summed E-state index contributed by atoms with van der Waals surface area (Å²) in [6.45, 7) is 3.54. The van der Waals surface area contributed by atoms with Gasteiger partial charge in [-0.15, -0.1) is 0 Å². The average Bonchev–Trinajstić information content (AvgIpc) is 2.97. The Morgan fingerprint density at radius 1 is 1.23 bits per heavy atom. The van der Waals surface area contributed by atoms with Gasteiger partial charge in [-0.3, -0.25) is 0 Å². The highest BCUT2D eigenvalue weighted by Crippen LogP contribution is 2.75. The van der Waals surface area contributed by atoms with Gasteiger partial charge in [0.1, 0.15) is 12.7 Å². The molecule has 7 heteroatoms. The zero-order chi connectivity index (χ0) is 15.7. The molecule has 22 heavy (non-hydrogen) atoms. The van der Waals surface area contributed by atoms with Crippen molar-refractivity contribution in [3.05, 3.63) is 0 Å². The lowest BCUT2D eigenvalue weighted by molar-refractivity contribution is -0.325. The Kier molecular flexibility index (Phi) is 1.93. The minimum Gasteiger partial charge on any atom is -0.463 e. The Morgan fingerprint density at radius 2 is 1.95 bits per heavy atom. The molecule has 5 aliphatic rings. The Labute approximate surface area is 126 Å². The van der Waals surface area contributed by atoms with Crippen molar-refractivity contribution >= 4 is 11.9 Å². The lowest BCUT2D eigenvalue weighted by Crippen LogP contribution is -2.80. The fraction of sp³-hybridized carbons (Fsp3) is 0.867. The molecule has 8 atom stereocenters. The number of carbonyl (C=O) groups excluding carboxylic acids is 2. The van der Waals surface area contributed by atoms with Crippen molar-refractivity contribution in [2.75, 3.05) is 6.61 Å². The van der Waals surface area contributed by atoms with E-state index in [0.717, 1.165) is 0 Å². The second kappa shape index (κ2) is 3.20. The van der Waals surface area contributed by atoms with Gasteiger partial charge in [0.15, 0.2) is 6.10 Å². The largest absolute Gasteiger partial charge is 0.463 e. The summed E-state index contributed by atoms with van der Waals surface area (Å²) in [4.78, 5) is 24.6. The van der Waals surface area contributed by atoms with Crippen LogP contribution in [0.15, 0.2) is 0 Å². The second-order valence-corrected chi connectivity index (χ2v) is 7.75. The van der Waals surface area contributed by atoms with Gasteiger partial charge in [0.05, 0.1) is 17.1 Å². The van der Waals surface area contributed by atoms with Gasteiger partial charge in [0, 0.05) is 11.8 Å². The number of aliphatic hydroxyl groups is 2. The predicted octanol–water partition coefficient (Wildman–Crippen LogP) is -0.866. The maximum atomic E-state index is 12.4. The van der Waals surface area contributed by atoms with Crippen molar-refractivity contribution in [3.63, 3.8) is 0 Å². The molecule has 7 nitrogen and oxygen atoms in total. The van der Waals surface area contributed by atoms with E-state index in [4.69, 9.17) is 14.2 Å². The van der Waals surface area contributed by atoms with Crippen LogP contribution < -0.4 is 0 Å². The number of ether oxygens (including phenoxy) is 3. The van der Waals surface area contributed by atoms with Crippen molar-refractivity contribution < 1.29 is 34.0 Å². The summed E-state index contributed by atoms with van der Waals surface area (Å²) in [7, 11) is 0. The van der Waals surface area contributed by atoms with Crippen LogP contribution in [0.1, 0.15) is 26.7 Å². The highest BCUT2D eigenvalue weighted by atomic mass is 16.6. The van der Waals surface area contributed by atoms with Crippen LogP contribution in [0.4, 0.5) is 0 Å². The first-order chi connectivity index (χ1) is 10.2. The van der Waals surface area contributed by atoms with E-state index in [1.807, 2.05) is 6.92 Å². The van der Waals surface area contributed by atoms with Crippen LogP contribution in [0, 0.1) is 16.7 Å². The molecule has 0 aromatic carbocycles. The first kappa shape index (κ1) is 13.3. The first-order valence-electron chi connectivity index (χ1n) is 7.70. The molecule has 3 saturated heterocycles. The second-order valence-electron chi connectivity index (χ2n) is 7.75. The van der Waals surface area contributed by atoms with Gasteiger partial charge in [0.25, 0.3) is 0 Å². The summed E-state index contributed by atoms with van der Waals surface area (Å²) in [5.74, 6) is -1.46. The highest BCUT2D eigenvalue weighted by Gasteiger charge is 2.89. The average molecular weight is 310 g/mol. The molecule has 3 bridgehead atoms. The minimum atomic E-state index is -2.00. The van der Waals surface area contributed by atoms with E-state index in [9.17, 15) is 19.8 Å². The lowest BCUT2D eigenvalue weighted by atomic mass is 9.44. The van der Waals surface area contributed by atoms with Crippen molar-refractivity contribution in [2.45, 2.75) is 56.2 Å². The zero-order valence-corrected chi connectivity index (χ0v) is 12.4. The van der Waals surface area contributed by atoms with Crippen molar-refractivity contribution in [2.24, 2.45) is 16.7 Å². The molecule has 2 N–H and O–H groups in total. The minimum absolute atomic E-state index is 0.0464. The number of cyclic esters (lactones) is 1. The summed E-state index contributed by atoms with van der Waals surface area (Å²) in [5, 5.41) is 22.7. The molecule has 8 unspecified atom stereocenters. The summed E-state index contributed by atoms with van der Waals surface area (Å²) in [6.07, 6.45) is -1.60. The molecule has 5 rings (SSSR count). The maximum absolute atomic E-state index is 12.4. The number of hydrogen-bond donors (Lipinski definition) is 2. The quantitative estimate of drug-likeness (QED) is 0.561. The Morgan fingerprint density at radius 3 is 2.68 bits per heavy atom. The van der Waals surface area contributed by atoms with Gasteiger partial charge in [-0.1, -0.05) is 6.92 Å². The summed E-state index contributed by atoms with van der Waals surface area (Å²) < 4.78 is 16.3. The van der Waals surface area contributed by atoms with Crippen molar-refractivity contribution in [1.29, 1.82) is 0 Å². The molecule has 3 heterocycles. The van der Waals surface area contributed by atoms with Gasteiger partial charge in [-0.05, 0) is 19.3 Å². The number of carbonyl (C=O) groups is 2. The van der Waals surface area contributed by atoms with E-state index in [0.29, 0.717) is 6.42 Å². The van der Waals surface area contributed by atoms with E-state index >= 15 is 0 Å². The monoisotopic (exact) mass is 310 g/mol. The Balaban J connectivity index is 1.82. The number of fused-ring (bicyclic) bond motifs is 5. The van der Waals surface area contributed by atoms with Gasteiger partial charge in [-0.2, -0.15) is 0 Å². The first-order valence-corrected chi connectivity index (χ1v) is 7.70. The van der Waals surface area contributed by atoms with E-state index in [-0.39, 0.29) is 25.0 Å². The molecule has 0 radical (unpaired) electrons. The normalized spacial score (nSPS) is 64.4. The van der Waals surface area contributed by atoms with E-state index < -0.39 is 46.2 Å². The fourth-order valence-electron chi connectivity index (χ4n) is 6.11. The van der Waals surface area contributed by atoms with E-state index in [1.54, 1.807) is 6.92 Å². The van der Waals surface area contributed by atoms with Gasteiger partial charge >= 0.3 is 11.9 Å². The summed E-state index contributed by atoms with van der Waals surface area (Å²) in [5.41, 5.74) is -5.44. The maximum Gasteiger partial charge on any atom is 0.342 e. The van der Waals surface area contributed by atoms with Crippen LogP contribution in [-0.2, 0) is 23.8 Å². The van der Waals surface area contributed by atoms with Crippen molar-refractivity contribution in [1.82, 2.24) is 0 Å². The Hall–Kier alpha value is -1.18. The van der Waals surface area contributed by atoms with Gasteiger partial charge < -0.3 is 24.4 Å². The highest BCUT2D eigenvalue weighted by molar-refractivity contribution is 5.88. The van der Waals surface area contributed by atoms with Crippen LogP contribution in [0.3, 0.4) is 0 Å². The molecule has 3 aliphatic heterocycles. The number of rotatable bonds is 0. The van der Waals surface area contributed by atoms with Gasteiger partial charge in [0.2, 0.25) is 5.60 Å². The van der Waals surface area contributed by atoms with Crippen LogP contribution in [0.25, 0.3) is 0 Å². The van der Waals surface area contributed by atoms with Crippen LogP contribution in [-0.4, -0.2) is 58.3 Å². The molecule has 0 aromatic rings. The Bertz CT molecular complexity index is 633. The molecule has 1 spiro atoms.